The van der Waals surface area contributed by atoms with Crippen molar-refractivity contribution in [2.45, 2.75) is 20.2 Å². The van der Waals surface area contributed by atoms with Crippen molar-refractivity contribution >= 4 is 17.5 Å². The number of para-hydroxylation sites is 1. The minimum atomic E-state index is -0.0227. The molecule has 1 fully saturated rings. The maximum absolute atomic E-state index is 13.0. The topological polar surface area (TPSA) is 50.6 Å². The molecule has 0 atom stereocenters. The number of rotatable bonds is 6. The largest absolute Gasteiger partial charge is 0.470 e. The molecule has 0 aliphatic carbocycles. The van der Waals surface area contributed by atoms with Gasteiger partial charge in [0.2, 0.25) is 0 Å². The fraction of sp³-hybridized carbons (Fsp3) is 0.304. The Kier molecular flexibility index (Phi) is 6.35. The maximum Gasteiger partial charge on any atom is 0.272 e. The minimum Gasteiger partial charge on any atom is -0.470 e. The molecule has 1 amide bonds. The average Bonchev–Trinajstić information content (AvgIpc) is 3.22. The number of aromatic nitrogens is 2. The highest BCUT2D eigenvalue weighted by atomic mass is 35.5. The molecule has 0 saturated carbocycles. The number of benzene rings is 2. The Balaban J connectivity index is 1.33. The Morgan fingerprint density at radius 3 is 2.63 bits per heavy atom. The van der Waals surface area contributed by atoms with Crippen molar-refractivity contribution in [3.63, 3.8) is 0 Å². The van der Waals surface area contributed by atoms with Crippen molar-refractivity contribution in [2.24, 2.45) is 0 Å². The van der Waals surface area contributed by atoms with Crippen molar-refractivity contribution in [3.8, 4) is 5.75 Å². The van der Waals surface area contributed by atoms with Crippen LogP contribution in [0, 0.1) is 6.92 Å². The highest BCUT2D eigenvalue weighted by Gasteiger charge is 2.24. The first kappa shape index (κ1) is 20.4. The van der Waals surface area contributed by atoms with Crippen LogP contribution >= 0.6 is 11.6 Å². The van der Waals surface area contributed by atoms with Gasteiger partial charge in [0.1, 0.15) is 11.4 Å². The molecule has 156 valence electrons. The number of piperazine rings is 1. The number of halogens is 1. The molecule has 6 nitrogen and oxygen atoms in total. The van der Waals surface area contributed by atoms with Crippen LogP contribution < -0.4 is 4.74 Å². The summed E-state index contributed by atoms with van der Waals surface area (Å²) in [6, 6.07) is 17.6. The van der Waals surface area contributed by atoms with Crippen LogP contribution in [0.3, 0.4) is 0 Å². The molecule has 30 heavy (non-hydrogen) atoms. The van der Waals surface area contributed by atoms with Crippen molar-refractivity contribution in [2.75, 3.05) is 26.2 Å². The molecule has 0 bridgehead atoms. The Bertz CT molecular complexity index is 1010. The number of amides is 1. The van der Waals surface area contributed by atoms with Crippen LogP contribution in [0.2, 0.25) is 5.02 Å². The van der Waals surface area contributed by atoms with Gasteiger partial charge in [0, 0.05) is 38.9 Å². The fourth-order valence-corrected chi connectivity index (χ4v) is 3.84. The van der Waals surface area contributed by atoms with E-state index in [1.165, 1.54) is 11.1 Å². The smallest absolute Gasteiger partial charge is 0.272 e. The summed E-state index contributed by atoms with van der Waals surface area (Å²) in [5, 5.41) is 4.78. The molecular weight excluding hydrogens is 400 g/mol. The normalized spacial score (nSPS) is 14.7. The maximum atomic E-state index is 13.0. The zero-order chi connectivity index (χ0) is 20.9. The first-order valence-corrected chi connectivity index (χ1v) is 10.4. The Morgan fingerprint density at radius 2 is 1.87 bits per heavy atom. The number of ether oxygens (including phenoxy) is 1. The van der Waals surface area contributed by atoms with E-state index in [-0.39, 0.29) is 12.6 Å². The van der Waals surface area contributed by atoms with E-state index in [2.05, 4.69) is 41.2 Å². The third-order valence-corrected chi connectivity index (χ3v) is 5.58. The van der Waals surface area contributed by atoms with Gasteiger partial charge in [-0.15, -0.1) is 0 Å². The summed E-state index contributed by atoms with van der Waals surface area (Å²) in [5.74, 6) is 0.545. The summed E-state index contributed by atoms with van der Waals surface area (Å²) in [4.78, 5) is 17.3. The SMILES string of the molecule is Cc1cccc(CN2CCN(C(=O)c3ccnn3COc3ccccc3Cl)CC2)c1. The van der Waals surface area contributed by atoms with E-state index in [1.807, 2.05) is 17.0 Å². The number of hydrogen-bond acceptors (Lipinski definition) is 4. The number of carbonyl (C=O) groups excluding carboxylic acids is 1. The number of hydrogen-bond donors (Lipinski definition) is 0. The Morgan fingerprint density at radius 1 is 1.07 bits per heavy atom. The lowest BCUT2D eigenvalue weighted by Crippen LogP contribution is -2.48. The second-order valence-corrected chi connectivity index (χ2v) is 7.88. The number of carbonyl (C=O) groups is 1. The van der Waals surface area contributed by atoms with Crippen molar-refractivity contribution in [3.05, 3.63) is 82.6 Å². The van der Waals surface area contributed by atoms with E-state index in [4.69, 9.17) is 16.3 Å². The molecule has 2 heterocycles. The molecule has 0 radical (unpaired) electrons. The van der Waals surface area contributed by atoms with Crippen LogP contribution in [-0.2, 0) is 13.3 Å². The van der Waals surface area contributed by atoms with Gasteiger partial charge in [-0.25, -0.2) is 4.68 Å². The molecule has 7 heteroatoms. The van der Waals surface area contributed by atoms with Crippen LogP contribution in [0.1, 0.15) is 21.6 Å². The predicted octanol–water partition coefficient (Wildman–Crippen LogP) is 3.84. The van der Waals surface area contributed by atoms with E-state index in [0.717, 1.165) is 19.6 Å². The second kappa shape index (κ2) is 9.32. The molecule has 2 aromatic carbocycles. The van der Waals surface area contributed by atoms with E-state index >= 15 is 0 Å². The van der Waals surface area contributed by atoms with Crippen molar-refractivity contribution in [1.29, 1.82) is 0 Å². The number of aryl methyl sites for hydroxylation is 1. The predicted molar refractivity (Wildman–Crippen MR) is 117 cm³/mol. The third kappa shape index (κ3) is 4.83. The summed E-state index contributed by atoms with van der Waals surface area (Å²) >= 11 is 6.13. The molecule has 1 aromatic heterocycles. The van der Waals surface area contributed by atoms with Gasteiger partial charge in [-0.3, -0.25) is 9.69 Å². The van der Waals surface area contributed by atoms with Crippen molar-refractivity contribution < 1.29 is 9.53 Å². The van der Waals surface area contributed by atoms with Crippen molar-refractivity contribution in [1.82, 2.24) is 19.6 Å². The molecule has 0 unspecified atom stereocenters. The highest BCUT2D eigenvalue weighted by Crippen LogP contribution is 2.23. The van der Waals surface area contributed by atoms with Gasteiger partial charge in [-0.2, -0.15) is 5.10 Å². The molecule has 1 aliphatic rings. The lowest BCUT2D eigenvalue weighted by atomic mass is 10.1. The van der Waals surface area contributed by atoms with Gasteiger partial charge in [-0.1, -0.05) is 53.6 Å². The summed E-state index contributed by atoms with van der Waals surface area (Å²) in [6.07, 6.45) is 1.62. The zero-order valence-electron chi connectivity index (χ0n) is 17.0. The average molecular weight is 425 g/mol. The first-order valence-electron chi connectivity index (χ1n) is 10.1. The molecule has 0 spiro atoms. The summed E-state index contributed by atoms with van der Waals surface area (Å²) in [7, 11) is 0. The Labute approximate surface area is 181 Å². The Hall–Kier alpha value is -2.83. The van der Waals surface area contributed by atoms with Gasteiger partial charge >= 0.3 is 0 Å². The minimum absolute atomic E-state index is 0.0227. The standard InChI is InChI=1S/C23H25ClN4O2/c1-18-5-4-6-19(15-18)16-26-11-13-27(14-12-26)23(29)21-9-10-25-28(21)17-30-22-8-3-2-7-20(22)24/h2-10,15H,11-14,16-17H2,1H3. The lowest BCUT2D eigenvalue weighted by Gasteiger charge is -2.34. The monoisotopic (exact) mass is 424 g/mol. The molecule has 1 aliphatic heterocycles. The van der Waals surface area contributed by atoms with Crippen LogP contribution in [-0.4, -0.2) is 51.7 Å². The summed E-state index contributed by atoms with van der Waals surface area (Å²) < 4.78 is 7.32. The van der Waals surface area contributed by atoms with Gasteiger partial charge in [-0.05, 0) is 30.7 Å². The van der Waals surface area contributed by atoms with Crippen LogP contribution in [0.15, 0.2) is 60.8 Å². The van der Waals surface area contributed by atoms with Gasteiger partial charge in [0.25, 0.3) is 5.91 Å². The summed E-state index contributed by atoms with van der Waals surface area (Å²) in [6.45, 7) is 6.24. The molecule has 1 saturated heterocycles. The summed E-state index contributed by atoms with van der Waals surface area (Å²) in [5.41, 5.74) is 3.10. The van der Waals surface area contributed by atoms with Crippen LogP contribution in [0.25, 0.3) is 0 Å². The second-order valence-electron chi connectivity index (χ2n) is 7.48. The quantitative estimate of drug-likeness (QED) is 0.603. The highest BCUT2D eigenvalue weighted by molar-refractivity contribution is 6.32. The van der Waals surface area contributed by atoms with E-state index in [0.29, 0.717) is 29.6 Å². The van der Waals surface area contributed by atoms with Crippen LogP contribution in [0.5, 0.6) is 5.75 Å². The van der Waals surface area contributed by atoms with Gasteiger partial charge in [0.05, 0.1) is 5.02 Å². The molecule has 0 N–H and O–H groups in total. The zero-order valence-corrected chi connectivity index (χ0v) is 17.8. The first-order chi connectivity index (χ1) is 14.6. The van der Waals surface area contributed by atoms with E-state index < -0.39 is 0 Å². The van der Waals surface area contributed by atoms with Gasteiger partial charge in [0.15, 0.2) is 6.73 Å². The van der Waals surface area contributed by atoms with Gasteiger partial charge < -0.3 is 9.64 Å². The molecular formula is C23H25ClN4O2. The molecule has 3 aromatic rings. The van der Waals surface area contributed by atoms with E-state index in [9.17, 15) is 4.79 Å². The number of nitrogens with zero attached hydrogens (tertiary/aromatic N) is 4. The van der Waals surface area contributed by atoms with Crippen LogP contribution in [0.4, 0.5) is 0 Å². The van der Waals surface area contributed by atoms with E-state index in [1.54, 1.807) is 29.1 Å². The lowest BCUT2D eigenvalue weighted by molar-refractivity contribution is 0.0607. The third-order valence-electron chi connectivity index (χ3n) is 5.26. The molecule has 4 rings (SSSR count). The fourth-order valence-electron chi connectivity index (χ4n) is 3.65.